The molecule has 2 aromatic rings. The molecule has 0 unspecified atom stereocenters. The first kappa shape index (κ1) is 21.4. The Morgan fingerprint density at radius 1 is 1.18 bits per heavy atom. The van der Waals surface area contributed by atoms with Gasteiger partial charge in [0, 0.05) is 19.8 Å². The summed E-state index contributed by atoms with van der Waals surface area (Å²) in [6.07, 6.45) is 0.607. The normalized spacial score (nSPS) is 11.2. The Hall–Kier alpha value is -2.91. The summed E-state index contributed by atoms with van der Waals surface area (Å²) < 4.78 is 36.1. The molecule has 0 saturated carbocycles. The van der Waals surface area contributed by atoms with E-state index in [1.807, 2.05) is 0 Å². The maximum atomic E-state index is 12.3. The number of aldehydes is 1. The highest BCUT2D eigenvalue weighted by Gasteiger charge is 2.19. The Balaban J connectivity index is 2.13. The van der Waals surface area contributed by atoms with Gasteiger partial charge in [0.25, 0.3) is 5.91 Å². The third kappa shape index (κ3) is 4.87. The second kappa shape index (κ2) is 8.85. The quantitative estimate of drug-likeness (QED) is 0.674. The Morgan fingerprint density at radius 3 is 2.50 bits per heavy atom. The third-order valence-electron chi connectivity index (χ3n) is 3.96. The van der Waals surface area contributed by atoms with Crippen molar-refractivity contribution >= 4 is 27.9 Å². The minimum absolute atomic E-state index is 0.0673. The number of methoxy groups -OCH3 is 1. The van der Waals surface area contributed by atoms with Gasteiger partial charge >= 0.3 is 0 Å². The van der Waals surface area contributed by atoms with Gasteiger partial charge in [-0.2, -0.15) is 0 Å². The van der Waals surface area contributed by atoms with Crippen LogP contribution in [0.1, 0.15) is 15.9 Å². The smallest absolute Gasteiger partial charge is 0.262 e. The third-order valence-corrected chi connectivity index (χ3v) is 5.78. The van der Waals surface area contributed by atoms with E-state index in [1.54, 1.807) is 19.1 Å². The molecule has 2 aromatic carbocycles. The van der Waals surface area contributed by atoms with Crippen molar-refractivity contribution in [3.05, 3.63) is 47.5 Å². The first-order chi connectivity index (χ1) is 13.2. The van der Waals surface area contributed by atoms with Crippen LogP contribution in [0.2, 0.25) is 0 Å². The van der Waals surface area contributed by atoms with Gasteiger partial charge in [0.05, 0.1) is 17.6 Å². The van der Waals surface area contributed by atoms with Crippen LogP contribution in [0.4, 0.5) is 5.69 Å². The lowest BCUT2D eigenvalue weighted by Crippen LogP contribution is -2.23. The summed E-state index contributed by atoms with van der Waals surface area (Å²) in [5, 5.41) is 2.63. The van der Waals surface area contributed by atoms with Crippen molar-refractivity contribution in [2.45, 2.75) is 11.8 Å². The van der Waals surface area contributed by atoms with E-state index in [2.05, 4.69) is 5.32 Å². The first-order valence-electron chi connectivity index (χ1n) is 8.28. The van der Waals surface area contributed by atoms with E-state index in [9.17, 15) is 18.0 Å². The number of hydrogen-bond donors (Lipinski definition) is 1. The molecule has 1 N–H and O–H groups in total. The summed E-state index contributed by atoms with van der Waals surface area (Å²) in [5.74, 6) is 0.246. The number of amides is 1. The second-order valence-electron chi connectivity index (χ2n) is 6.12. The second-order valence-corrected chi connectivity index (χ2v) is 8.27. The molecule has 1 amide bonds. The van der Waals surface area contributed by atoms with Gasteiger partial charge in [-0.25, -0.2) is 12.7 Å². The van der Waals surface area contributed by atoms with E-state index in [0.29, 0.717) is 23.3 Å². The van der Waals surface area contributed by atoms with Crippen LogP contribution in [0.3, 0.4) is 0 Å². The van der Waals surface area contributed by atoms with E-state index in [0.717, 1.165) is 4.31 Å². The molecule has 0 radical (unpaired) electrons. The molecule has 0 saturated heterocycles. The number of sulfonamides is 1. The monoisotopic (exact) mass is 406 g/mol. The van der Waals surface area contributed by atoms with Crippen LogP contribution in [0.15, 0.2) is 41.3 Å². The summed E-state index contributed by atoms with van der Waals surface area (Å²) in [7, 11) is 0.717. The van der Waals surface area contributed by atoms with Crippen LogP contribution in [0, 0.1) is 6.92 Å². The van der Waals surface area contributed by atoms with E-state index in [-0.39, 0.29) is 22.8 Å². The van der Waals surface area contributed by atoms with Gasteiger partial charge in [-0.15, -0.1) is 0 Å². The van der Waals surface area contributed by atoms with E-state index >= 15 is 0 Å². The fraction of sp³-hybridized carbons (Fsp3) is 0.263. The maximum Gasteiger partial charge on any atom is 0.262 e. The number of carbonyl (C=O) groups is 2. The van der Waals surface area contributed by atoms with Crippen molar-refractivity contribution in [3.63, 3.8) is 0 Å². The van der Waals surface area contributed by atoms with Gasteiger partial charge < -0.3 is 14.8 Å². The standard InChI is InChI=1S/C19H22N2O6S/c1-13-5-7-16(28(24,25)21(2)3)10-17(13)20-19(23)12-27-18-8-6-15(26-4)9-14(18)11-22/h5-11H,12H2,1-4H3,(H,20,23). The molecule has 0 aromatic heterocycles. The lowest BCUT2D eigenvalue weighted by molar-refractivity contribution is -0.118. The number of anilines is 1. The van der Waals surface area contributed by atoms with Crippen LogP contribution in [-0.2, 0) is 14.8 Å². The van der Waals surface area contributed by atoms with Gasteiger partial charge in [-0.1, -0.05) is 6.07 Å². The predicted octanol–water partition coefficient (Wildman–Crippen LogP) is 2.08. The topological polar surface area (TPSA) is 102 Å². The number of nitrogens with zero attached hydrogens (tertiary/aromatic N) is 1. The van der Waals surface area contributed by atoms with Gasteiger partial charge in [0.15, 0.2) is 12.9 Å². The first-order valence-corrected chi connectivity index (χ1v) is 9.72. The van der Waals surface area contributed by atoms with Crippen molar-refractivity contribution in [1.29, 1.82) is 0 Å². The van der Waals surface area contributed by atoms with Crippen LogP contribution < -0.4 is 14.8 Å². The van der Waals surface area contributed by atoms with Crippen LogP contribution in [0.5, 0.6) is 11.5 Å². The highest BCUT2D eigenvalue weighted by Crippen LogP contribution is 2.24. The zero-order valence-corrected chi connectivity index (χ0v) is 16.9. The Kier molecular flexibility index (Phi) is 6.76. The zero-order valence-electron chi connectivity index (χ0n) is 16.1. The number of carbonyl (C=O) groups excluding carboxylic acids is 2. The predicted molar refractivity (Wildman–Crippen MR) is 105 cm³/mol. The molecule has 0 fully saturated rings. The number of aryl methyl sites for hydroxylation is 1. The molecule has 150 valence electrons. The minimum Gasteiger partial charge on any atom is -0.497 e. The average molecular weight is 406 g/mol. The molecular formula is C19H22N2O6S. The molecule has 2 rings (SSSR count). The molecule has 0 aliphatic rings. The lowest BCUT2D eigenvalue weighted by Gasteiger charge is -2.15. The van der Waals surface area contributed by atoms with Crippen molar-refractivity contribution in [3.8, 4) is 11.5 Å². The Morgan fingerprint density at radius 2 is 1.89 bits per heavy atom. The fourth-order valence-electron chi connectivity index (χ4n) is 2.31. The number of rotatable bonds is 8. The summed E-state index contributed by atoms with van der Waals surface area (Å²) in [6.45, 7) is 1.40. The molecule has 0 heterocycles. The Bertz CT molecular complexity index is 986. The van der Waals surface area contributed by atoms with E-state index in [1.165, 1.54) is 45.5 Å². The van der Waals surface area contributed by atoms with Crippen LogP contribution in [-0.4, -0.2) is 52.7 Å². The molecule has 28 heavy (non-hydrogen) atoms. The number of benzene rings is 2. The SMILES string of the molecule is COc1ccc(OCC(=O)Nc2cc(S(=O)(=O)N(C)C)ccc2C)c(C=O)c1. The van der Waals surface area contributed by atoms with Gasteiger partial charge in [0.1, 0.15) is 11.5 Å². The molecule has 8 nitrogen and oxygen atoms in total. The number of ether oxygens (including phenoxy) is 2. The van der Waals surface area contributed by atoms with Crippen molar-refractivity contribution in [2.24, 2.45) is 0 Å². The maximum absolute atomic E-state index is 12.3. The van der Waals surface area contributed by atoms with Crippen LogP contribution in [0.25, 0.3) is 0 Å². The molecule has 0 bridgehead atoms. The highest BCUT2D eigenvalue weighted by molar-refractivity contribution is 7.89. The van der Waals surface area contributed by atoms with E-state index in [4.69, 9.17) is 9.47 Å². The van der Waals surface area contributed by atoms with Crippen molar-refractivity contribution in [1.82, 2.24) is 4.31 Å². The molecule has 0 spiro atoms. The zero-order chi connectivity index (χ0) is 20.9. The van der Waals surface area contributed by atoms with E-state index < -0.39 is 15.9 Å². The summed E-state index contributed by atoms with van der Waals surface area (Å²) in [4.78, 5) is 23.5. The van der Waals surface area contributed by atoms with Gasteiger partial charge in [-0.05, 0) is 42.8 Å². The average Bonchev–Trinajstić information content (AvgIpc) is 2.67. The number of hydrogen-bond acceptors (Lipinski definition) is 6. The Labute approximate surface area is 164 Å². The fourth-order valence-corrected chi connectivity index (χ4v) is 3.24. The molecule has 0 aliphatic carbocycles. The lowest BCUT2D eigenvalue weighted by atomic mass is 10.2. The van der Waals surface area contributed by atoms with Crippen molar-refractivity contribution in [2.75, 3.05) is 33.1 Å². The highest BCUT2D eigenvalue weighted by atomic mass is 32.2. The van der Waals surface area contributed by atoms with Gasteiger partial charge in [0.2, 0.25) is 10.0 Å². The molecule has 9 heteroatoms. The molecular weight excluding hydrogens is 384 g/mol. The largest absolute Gasteiger partial charge is 0.497 e. The minimum atomic E-state index is -3.62. The van der Waals surface area contributed by atoms with Crippen LogP contribution >= 0.6 is 0 Å². The summed E-state index contributed by atoms with van der Waals surface area (Å²) >= 11 is 0. The number of nitrogens with one attached hydrogen (secondary N) is 1. The van der Waals surface area contributed by atoms with Gasteiger partial charge in [-0.3, -0.25) is 9.59 Å². The summed E-state index contributed by atoms with van der Waals surface area (Å²) in [5.41, 5.74) is 1.31. The molecule has 0 aliphatic heterocycles. The van der Waals surface area contributed by atoms with Crippen molar-refractivity contribution < 1.29 is 27.5 Å². The summed E-state index contributed by atoms with van der Waals surface area (Å²) in [6, 6.07) is 9.13. The molecule has 0 atom stereocenters.